The molecule has 1 unspecified atom stereocenters. The minimum atomic E-state index is -0.132. The summed E-state index contributed by atoms with van der Waals surface area (Å²) in [6.07, 6.45) is 1.93. The predicted octanol–water partition coefficient (Wildman–Crippen LogP) is 0.951. The first-order valence-corrected chi connectivity index (χ1v) is 5.89. The summed E-state index contributed by atoms with van der Waals surface area (Å²) < 4.78 is 0. The summed E-state index contributed by atoms with van der Waals surface area (Å²) in [5, 5.41) is 10.6. The Hall–Kier alpha value is -1.49. The van der Waals surface area contributed by atoms with Gasteiger partial charge in [-0.2, -0.15) is 10.2 Å². The molecule has 0 aliphatic heterocycles. The van der Waals surface area contributed by atoms with E-state index in [1.165, 1.54) is 0 Å². The Bertz CT molecular complexity index is 392. The summed E-state index contributed by atoms with van der Waals surface area (Å²) in [5.74, 6) is -0.132. The fraction of sp³-hybridized carbons (Fsp3) is 0.583. The minimum absolute atomic E-state index is 0.0140. The maximum Gasteiger partial charge on any atom is 0.253 e. The van der Waals surface area contributed by atoms with E-state index in [2.05, 4.69) is 22.4 Å². The maximum absolute atomic E-state index is 11.9. The van der Waals surface area contributed by atoms with Gasteiger partial charge in [0, 0.05) is 12.6 Å². The van der Waals surface area contributed by atoms with Crippen LogP contribution in [0, 0.1) is 13.8 Å². The number of rotatable bonds is 5. The molecule has 1 amide bonds. The van der Waals surface area contributed by atoms with E-state index in [0.29, 0.717) is 17.8 Å². The third-order valence-corrected chi connectivity index (χ3v) is 2.53. The average molecular weight is 236 g/mol. The van der Waals surface area contributed by atoms with Crippen molar-refractivity contribution in [2.75, 3.05) is 6.54 Å². The van der Waals surface area contributed by atoms with Gasteiger partial charge in [-0.3, -0.25) is 4.79 Å². The molecular weight excluding hydrogens is 216 g/mol. The van der Waals surface area contributed by atoms with E-state index in [0.717, 1.165) is 18.5 Å². The van der Waals surface area contributed by atoms with Crippen molar-refractivity contribution >= 4 is 5.91 Å². The molecule has 0 bridgehead atoms. The summed E-state index contributed by atoms with van der Waals surface area (Å²) >= 11 is 0. The summed E-state index contributed by atoms with van der Waals surface area (Å²) in [6, 6.07) is 1.75. The molecule has 0 radical (unpaired) electrons. The van der Waals surface area contributed by atoms with Crippen molar-refractivity contribution in [2.45, 2.75) is 39.7 Å². The van der Waals surface area contributed by atoms with Crippen LogP contribution in [0.3, 0.4) is 0 Å². The standard InChI is InChI=1S/C12H20N4O/c1-4-5-10(13)7-14-12(17)11-6-8(2)15-16-9(11)3/h6,10H,4-5,7,13H2,1-3H3,(H,14,17). The molecule has 0 aliphatic carbocycles. The molecular formula is C12H20N4O. The first kappa shape index (κ1) is 13.6. The normalized spacial score (nSPS) is 12.2. The highest BCUT2D eigenvalue weighted by molar-refractivity contribution is 5.95. The molecule has 1 heterocycles. The third-order valence-electron chi connectivity index (χ3n) is 2.53. The molecule has 1 aromatic heterocycles. The van der Waals surface area contributed by atoms with Gasteiger partial charge in [0.15, 0.2) is 0 Å². The smallest absolute Gasteiger partial charge is 0.253 e. The Labute approximate surface area is 102 Å². The largest absolute Gasteiger partial charge is 0.350 e. The Morgan fingerprint density at radius 3 is 2.82 bits per heavy atom. The molecule has 1 aromatic rings. The highest BCUT2D eigenvalue weighted by atomic mass is 16.1. The van der Waals surface area contributed by atoms with Gasteiger partial charge >= 0.3 is 0 Å². The van der Waals surface area contributed by atoms with Crippen LogP contribution in [0.25, 0.3) is 0 Å². The molecule has 1 atom stereocenters. The number of nitrogens with two attached hydrogens (primary N) is 1. The molecule has 0 saturated heterocycles. The highest BCUT2D eigenvalue weighted by Crippen LogP contribution is 2.05. The second kappa shape index (κ2) is 6.30. The minimum Gasteiger partial charge on any atom is -0.350 e. The molecule has 0 fully saturated rings. The molecule has 0 spiro atoms. The lowest BCUT2D eigenvalue weighted by Crippen LogP contribution is -2.37. The highest BCUT2D eigenvalue weighted by Gasteiger charge is 2.11. The van der Waals surface area contributed by atoms with Crippen molar-refractivity contribution in [3.63, 3.8) is 0 Å². The summed E-state index contributed by atoms with van der Waals surface area (Å²) in [5.41, 5.74) is 7.78. The fourth-order valence-electron chi connectivity index (χ4n) is 1.57. The van der Waals surface area contributed by atoms with Gasteiger partial charge in [0.2, 0.25) is 0 Å². The predicted molar refractivity (Wildman–Crippen MR) is 66.7 cm³/mol. The van der Waals surface area contributed by atoms with Crippen LogP contribution < -0.4 is 11.1 Å². The number of amides is 1. The molecule has 5 nitrogen and oxygen atoms in total. The van der Waals surface area contributed by atoms with Crippen molar-refractivity contribution in [3.05, 3.63) is 23.0 Å². The van der Waals surface area contributed by atoms with Gasteiger partial charge in [0.1, 0.15) is 0 Å². The number of nitrogens with zero attached hydrogens (tertiary/aromatic N) is 2. The van der Waals surface area contributed by atoms with Crippen molar-refractivity contribution in [1.82, 2.24) is 15.5 Å². The van der Waals surface area contributed by atoms with Gasteiger partial charge < -0.3 is 11.1 Å². The van der Waals surface area contributed by atoms with Crippen LogP contribution >= 0.6 is 0 Å². The lowest BCUT2D eigenvalue weighted by Gasteiger charge is -2.12. The molecule has 3 N–H and O–H groups in total. The lowest BCUT2D eigenvalue weighted by atomic mass is 10.1. The van der Waals surface area contributed by atoms with Crippen molar-refractivity contribution in [3.8, 4) is 0 Å². The number of aromatic nitrogens is 2. The van der Waals surface area contributed by atoms with Gasteiger partial charge in [-0.15, -0.1) is 0 Å². The first-order valence-electron chi connectivity index (χ1n) is 5.89. The monoisotopic (exact) mass is 236 g/mol. The summed E-state index contributed by atoms with van der Waals surface area (Å²) in [6.45, 7) is 6.15. The fourth-order valence-corrected chi connectivity index (χ4v) is 1.57. The molecule has 0 aromatic carbocycles. The van der Waals surface area contributed by atoms with E-state index < -0.39 is 0 Å². The van der Waals surface area contributed by atoms with E-state index in [1.54, 1.807) is 13.0 Å². The third kappa shape index (κ3) is 4.11. The van der Waals surface area contributed by atoms with Gasteiger partial charge in [-0.05, 0) is 26.3 Å². The molecule has 17 heavy (non-hydrogen) atoms. The Morgan fingerprint density at radius 2 is 2.18 bits per heavy atom. The lowest BCUT2D eigenvalue weighted by molar-refractivity contribution is 0.0949. The number of aryl methyl sites for hydroxylation is 2. The van der Waals surface area contributed by atoms with E-state index in [-0.39, 0.29) is 11.9 Å². The van der Waals surface area contributed by atoms with E-state index in [1.807, 2.05) is 6.92 Å². The van der Waals surface area contributed by atoms with Gasteiger partial charge in [0.25, 0.3) is 5.91 Å². The SMILES string of the molecule is CCCC(N)CNC(=O)c1cc(C)nnc1C. The van der Waals surface area contributed by atoms with Crippen LogP contribution in [0.15, 0.2) is 6.07 Å². The second-order valence-corrected chi connectivity index (χ2v) is 4.24. The average Bonchev–Trinajstić information content (AvgIpc) is 2.29. The van der Waals surface area contributed by atoms with Gasteiger partial charge in [-0.1, -0.05) is 13.3 Å². The summed E-state index contributed by atoms with van der Waals surface area (Å²) in [7, 11) is 0. The number of hydrogen-bond donors (Lipinski definition) is 2. The van der Waals surface area contributed by atoms with Crippen molar-refractivity contribution in [2.24, 2.45) is 5.73 Å². The van der Waals surface area contributed by atoms with Crippen LogP contribution in [0.2, 0.25) is 0 Å². The van der Waals surface area contributed by atoms with Crippen molar-refractivity contribution in [1.29, 1.82) is 0 Å². The first-order chi connectivity index (χ1) is 8.04. The van der Waals surface area contributed by atoms with Crippen LogP contribution in [0.4, 0.5) is 0 Å². The maximum atomic E-state index is 11.9. The summed E-state index contributed by atoms with van der Waals surface area (Å²) in [4.78, 5) is 11.9. The van der Waals surface area contributed by atoms with Crippen LogP contribution in [-0.4, -0.2) is 28.7 Å². The number of hydrogen-bond acceptors (Lipinski definition) is 4. The van der Waals surface area contributed by atoms with E-state index >= 15 is 0 Å². The topological polar surface area (TPSA) is 80.9 Å². The Kier molecular flexibility index (Phi) is 5.03. The van der Waals surface area contributed by atoms with E-state index in [4.69, 9.17) is 5.73 Å². The Balaban J connectivity index is 2.61. The zero-order valence-corrected chi connectivity index (χ0v) is 10.7. The Morgan fingerprint density at radius 1 is 1.47 bits per heavy atom. The number of nitrogens with one attached hydrogen (secondary N) is 1. The zero-order chi connectivity index (χ0) is 12.8. The van der Waals surface area contributed by atoms with Gasteiger partial charge in [0.05, 0.1) is 17.0 Å². The van der Waals surface area contributed by atoms with Crippen molar-refractivity contribution < 1.29 is 4.79 Å². The number of carbonyl (C=O) groups excluding carboxylic acids is 1. The van der Waals surface area contributed by atoms with Crippen LogP contribution in [0.5, 0.6) is 0 Å². The molecule has 0 saturated carbocycles. The second-order valence-electron chi connectivity index (χ2n) is 4.24. The van der Waals surface area contributed by atoms with E-state index in [9.17, 15) is 4.79 Å². The number of carbonyl (C=O) groups is 1. The molecule has 1 rings (SSSR count). The molecule has 94 valence electrons. The zero-order valence-electron chi connectivity index (χ0n) is 10.7. The van der Waals surface area contributed by atoms with Crippen LogP contribution in [-0.2, 0) is 0 Å². The van der Waals surface area contributed by atoms with Crippen LogP contribution in [0.1, 0.15) is 41.5 Å². The molecule has 0 aliphatic rings. The quantitative estimate of drug-likeness (QED) is 0.797. The van der Waals surface area contributed by atoms with Gasteiger partial charge in [-0.25, -0.2) is 0 Å². The molecule has 5 heteroatoms.